The summed E-state index contributed by atoms with van der Waals surface area (Å²) in [5, 5.41) is 8.10. The summed E-state index contributed by atoms with van der Waals surface area (Å²) in [5.41, 5.74) is 2.29. The van der Waals surface area contributed by atoms with Gasteiger partial charge in [0.15, 0.2) is 0 Å². The fourth-order valence-corrected chi connectivity index (χ4v) is 3.20. The molecule has 0 amide bonds. The SMILES string of the molecule is Fc1ccc(Br)cc1[C@H]1C=C(c2ccc(Cl)cc2)Nc2ncnn21. The molecule has 4 rings (SSSR count). The van der Waals surface area contributed by atoms with E-state index in [1.807, 2.05) is 30.3 Å². The van der Waals surface area contributed by atoms with Crippen LogP contribution in [0.25, 0.3) is 5.70 Å². The average molecular weight is 406 g/mol. The minimum Gasteiger partial charge on any atom is -0.324 e. The summed E-state index contributed by atoms with van der Waals surface area (Å²) in [6.45, 7) is 0. The van der Waals surface area contributed by atoms with Gasteiger partial charge in [0.2, 0.25) is 5.95 Å². The molecule has 2 aromatic carbocycles. The number of benzene rings is 2. The maximum Gasteiger partial charge on any atom is 0.226 e. The van der Waals surface area contributed by atoms with E-state index in [1.54, 1.807) is 16.8 Å². The van der Waals surface area contributed by atoms with Crippen LogP contribution in [-0.2, 0) is 0 Å². The van der Waals surface area contributed by atoms with Crippen LogP contribution in [0.2, 0.25) is 5.02 Å². The number of nitrogens with zero attached hydrogens (tertiary/aromatic N) is 3. The number of allylic oxidation sites excluding steroid dienone is 1. The number of rotatable bonds is 2. The molecule has 7 heteroatoms. The molecular formula is C17H11BrClFN4. The monoisotopic (exact) mass is 404 g/mol. The van der Waals surface area contributed by atoms with Crippen molar-refractivity contribution >= 4 is 39.2 Å². The molecule has 4 nitrogen and oxygen atoms in total. The van der Waals surface area contributed by atoms with E-state index in [1.165, 1.54) is 12.4 Å². The molecule has 24 heavy (non-hydrogen) atoms. The fourth-order valence-electron chi connectivity index (χ4n) is 2.69. The van der Waals surface area contributed by atoms with Crippen LogP contribution >= 0.6 is 27.5 Å². The van der Waals surface area contributed by atoms with Crippen molar-refractivity contribution in [3.63, 3.8) is 0 Å². The van der Waals surface area contributed by atoms with E-state index >= 15 is 0 Å². The van der Waals surface area contributed by atoms with Gasteiger partial charge in [0, 0.05) is 20.8 Å². The number of nitrogens with one attached hydrogen (secondary N) is 1. The second-order valence-corrected chi connectivity index (χ2v) is 6.70. The van der Waals surface area contributed by atoms with Gasteiger partial charge in [0.25, 0.3) is 0 Å². The smallest absolute Gasteiger partial charge is 0.226 e. The van der Waals surface area contributed by atoms with Crippen LogP contribution in [0.4, 0.5) is 10.3 Å². The maximum atomic E-state index is 14.4. The third-order valence-corrected chi connectivity index (χ3v) is 4.58. The Kier molecular flexibility index (Phi) is 3.86. The number of anilines is 1. The van der Waals surface area contributed by atoms with Crippen LogP contribution in [0.1, 0.15) is 17.2 Å². The highest BCUT2D eigenvalue weighted by atomic mass is 79.9. The molecule has 0 saturated heterocycles. The van der Waals surface area contributed by atoms with Crippen molar-refractivity contribution in [3.8, 4) is 0 Å². The van der Waals surface area contributed by atoms with Crippen molar-refractivity contribution in [2.45, 2.75) is 6.04 Å². The molecule has 1 atom stereocenters. The number of aromatic nitrogens is 3. The van der Waals surface area contributed by atoms with Crippen molar-refractivity contribution in [3.05, 3.63) is 81.3 Å². The Bertz CT molecular complexity index is 936. The number of halogens is 3. The summed E-state index contributed by atoms with van der Waals surface area (Å²) in [6, 6.07) is 11.9. The Labute approximate surface area is 151 Å². The van der Waals surface area contributed by atoms with Crippen molar-refractivity contribution in [2.75, 3.05) is 5.32 Å². The van der Waals surface area contributed by atoms with E-state index in [4.69, 9.17) is 11.6 Å². The summed E-state index contributed by atoms with van der Waals surface area (Å²) < 4.78 is 16.9. The average Bonchev–Trinajstić information content (AvgIpc) is 3.05. The first-order valence-corrected chi connectivity index (χ1v) is 8.38. The van der Waals surface area contributed by atoms with Gasteiger partial charge in [-0.25, -0.2) is 9.07 Å². The molecule has 0 radical (unpaired) electrons. The first-order valence-electron chi connectivity index (χ1n) is 7.21. The van der Waals surface area contributed by atoms with Gasteiger partial charge in [0.1, 0.15) is 18.2 Å². The quantitative estimate of drug-likeness (QED) is 0.660. The lowest BCUT2D eigenvalue weighted by molar-refractivity contribution is 0.551. The molecule has 0 saturated carbocycles. The first-order chi connectivity index (χ1) is 11.6. The Morgan fingerprint density at radius 3 is 2.75 bits per heavy atom. The fraction of sp³-hybridized carbons (Fsp3) is 0.0588. The Morgan fingerprint density at radius 1 is 1.17 bits per heavy atom. The minimum absolute atomic E-state index is 0.293. The molecule has 0 fully saturated rings. The predicted octanol–water partition coefficient (Wildman–Crippen LogP) is 4.89. The maximum absolute atomic E-state index is 14.4. The molecule has 0 bridgehead atoms. The Balaban J connectivity index is 1.85. The third kappa shape index (κ3) is 2.72. The largest absolute Gasteiger partial charge is 0.324 e. The molecular weight excluding hydrogens is 395 g/mol. The number of hydrogen-bond donors (Lipinski definition) is 1. The molecule has 1 aromatic heterocycles. The zero-order valence-electron chi connectivity index (χ0n) is 12.2. The normalized spacial score (nSPS) is 16.3. The Hall–Kier alpha value is -2.18. The van der Waals surface area contributed by atoms with Crippen molar-refractivity contribution in [1.82, 2.24) is 14.8 Å². The van der Waals surface area contributed by atoms with E-state index in [9.17, 15) is 4.39 Å². The molecule has 0 unspecified atom stereocenters. The topological polar surface area (TPSA) is 42.7 Å². The van der Waals surface area contributed by atoms with Gasteiger partial charge in [-0.3, -0.25) is 0 Å². The highest BCUT2D eigenvalue weighted by molar-refractivity contribution is 9.10. The van der Waals surface area contributed by atoms with Crippen LogP contribution < -0.4 is 5.32 Å². The van der Waals surface area contributed by atoms with Crippen LogP contribution in [-0.4, -0.2) is 14.8 Å². The molecule has 120 valence electrons. The molecule has 1 aliphatic rings. The lowest BCUT2D eigenvalue weighted by Crippen LogP contribution is -2.21. The number of fused-ring (bicyclic) bond motifs is 1. The molecule has 0 spiro atoms. The van der Waals surface area contributed by atoms with E-state index < -0.39 is 6.04 Å². The molecule has 1 aliphatic heterocycles. The predicted molar refractivity (Wildman–Crippen MR) is 95.3 cm³/mol. The van der Waals surface area contributed by atoms with Crippen molar-refractivity contribution in [2.24, 2.45) is 0 Å². The lowest BCUT2D eigenvalue weighted by Gasteiger charge is -2.24. The number of hydrogen-bond acceptors (Lipinski definition) is 3. The summed E-state index contributed by atoms with van der Waals surface area (Å²) in [5.74, 6) is 0.269. The molecule has 0 aliphatic carbocycles. The van der Waals surface area contributed by atoms with Gasteiger partial charge in [-0.2, -0.15) is 10.1 Å². The zero-order valence-corrected chi connectivity index (χ0v) is 14.6. The summed E-state index contributed by atoms with van der Waals surface area (Å²) in [6.07, 6.45) is 3.37. The standard InChI is InChI=1S/C17H11BrClFN4/c18-11-3-6-14(20)13(7-11)16-8-15(10-1-4-12(19)5-2-10)23-17-21-9-22-24(16)17/h1-9,16H,(H,21,22,23)/t16-/m1/s1. The van der Waals surface area contributed by atoms with Crippen LogP contribution in [0.5, 0.6) is 0 Å². The molecule has 1 N–H and O–H groups in total. The highest BCUT2D eigenvalue weighted by Crippen LogP contribution is 2.34. The van der Waals surface area contributed by atoms with Gasteiger partial charge in [-0.15, -0.1) is 0 Å². The molecule has 3 aromatic rings. The van der Waals surface area contributed by atoms with Gasteiger partial charge >= 0.3 is 0 Å². The molecule has 2 heterocycles. The van der Waals surface area contributed by atoms with Crippen molar-refractivity contribution in [1.29, 1.82) is 0 Å². The van der Waals surface area contributed by atoms with Crippen LogP contribution in [0.3, 0.4) is 0 Å². The summed E-state index contributed by atoms with van der Waals surface area (Å²) >= 11 is 9.35. The zero-order chi connectivity index (χ0) is 16.7. The first kappa shape index (κ1) is 15.4. The van der Waals surface area contributed by atoms with Crippen molar-refractivity contribution < 1.29 is 4.39 Å². The van der Waals surface area contributed by atoms with Gasteiger partial charge in [-0.05, 0) is 42.0 Å². The summed E-state index contributed by atoms with van der Waals surface area (Å²) in [7, 11) is 0. The van der Waals surface area contributed by atoms with E-state index in [0.717, 1.165) is 15.7 Å². The van der Waals surface area contributed by atoms with Gasteiger partial charge in [-0.1, -0.05) is 39.7 Å². The van der Waals surface area contributed by atoms with Gasteiger partial charge < -0.3 is 5.32 Å². The second kappa shape index (κ2) is 6.03. The van der Waals surface area contributed by atoms with E-state index in [2.05, 4.69) is 31.3 Å². The van der Waals surface area contributed by atoms with E-state index in [-0.39, 0.29) is 5.82 Å². The van der Waals surface area contributed by atoms with Crippen LogP contribution in [0.15, 0.2) is 59.3 Å². The highest BCUT2D eigenvalue weighted by Gasteiger charge is 2.25. The summed E-state index contributed by atoms with van der Waals surface area (Å²) in [4.78, 5) is 4.22. The van der Waals surface area contributed by atoms with Gasteiger partial charge in [0.05, 0.1) is 0 Å². The third-order valence-electron chi connectivity index (χ3n) is 3.84. The van der Waals surface area contributed by atoms with Crippen LogP contribution in [0, 0.1) is 5.82 Å². The lowest BCUT2D eigenvalue weighted by atomic mass is 10.0. The Morgan fingerprint density at radius 2 is 1.96 bits per heavy atom. The van der Waals surface area contributed by atoms with E-state index in [0.29, 0.717) is 16.5 Å². The second-order valence-electron chi connectivity index (χ2n) is 5.35. The minimum atomic E-state index is -0.396.